The van der Waals surface area contributed by atoms with Gasteiger partial charge in [-0.15, -0.1) is 10.2 Å². The van der Waals surface area contributed by atoms with Crippen LogP contribution in [0.3, 0.4) is 0 Å². The number of nitrogens with zero attached hydrogens (tertiary/aromatic N) is 5. The first-order valence-corrected chi connectivity index (χ1v) is 8.37. The number of anilines is 2. The number of benzene rings is 1. The predicted octanol–water partition coefficient (Wildman–Crippen LogP) is 2.53. The third-order valence-electron chi connectivity index (χ3n) is 3.50. The van der Waals surface area contributed by atoms with Crippen LogP contribution in [-0.4, -0.2) is 26.5 Å². The number of aromatic nitrogens is 4. The Hall–Kier alpha value is -2.92. The van der Waals surface area contributed by atoms with E-state index in [0.29, 0.717) is 23.5 Å². The number of nitrogens with one attached hydrogen (secondary N) is 1. The van der Waals surface area contributed by atoms with Crippen LogP contribution < -0.4 is 11.1 Å². The van der Waals surface area contributed by atoms with Crippen molar-refractivity contribution >= 4 is 22.3 Å². The first-order chi connectivity index (χ1) is 11.7. The van der Waals surface area contributed by atoms with Crippen molar-refractivity contribution in [2.24, 2.45) is 0 Å². The van der Waals surface area contributed by atoms with Gasteiger partial charge in [-0.3, -0.25) is 0 Å². The lowest BCUT2D eigenvalue weighted by molar-refractivity contribution is 0.789. The van der Waals surface area contributed by atoms with Gasteiger partial charge in [-0.25, -0.2) is 4.68 Å². The second-order valence-electron chi connectivity index (χ2n) is 5.22. The second kappa shape index (κ2) is 7.10. The van der Waals surface area contributed by atoms with E-state index in [-0.39, 0.29) is 0 Å². The Morgan fingerprint density at radius 1 is 1.29 bits per heavy atom. The highest BCUT2D eigenvalue weighted by Gasteiger charge is 2.16. The van der Waals surface area contributed by atoms with E-state index in [0.717, 1.165) is 28.8 Å². The van der Waals surface area contributed by atoms with Crippen LogP contribution in [0.4, 0.5) is 10.9 Å². The van der Waals surface area contributed by atoms with Crippen LogP contribution >= 0.6 is 11.3 Å². The molecule has 0 fully saturated rings. The topological polar surface area (TPSA) is 105 Å². The van der Waals surface area contributed by atoms with E-state index in [1.54, 1.807) is 4.68 Å². The average Bonchev–Trinajstić information content (AvgIpc) is 3.15. The predicted molar refractivity (Wildman–Crippen MR) is 94.1 cm³/mol. The summed E-state index contributed by atoms with van der Waals surface area (Å²) in [5.41, 5.74) is 8.10. The van der Waals surface area contributed by atoms with Crippen molar-refractivity contribution in [1.82, 2.24) is 20.0 Å². The first-order valence-electron chi connectivity index (χ1n) is 7.56. The van der Waals surface area contributed by atoms with Crippen LogP contribution in [0.5, 0.6) is 0 Å². The minimum absolute atomic E-state index is 0.381. The summed E-state index contributed by atoms with van der Waals surface area (Å²) in [7, 11) is 0. The molecule has 1 aromatic carbocycles. The third kappa shape index (κ3) is 3.36. The molecule has 0 radical (unpaired) electrons. The van der Waals surface area contributed by atoms with Crippen molar-refractivity contribution < 1.29 is 0 Å². The van der Waals surface area contributed by atoms with Gasteiger partial charge < -0.3 is 11.1 Å². The molecule has 0 aliphatic heterocycles. The number of hydrogen-bond donors (Lipinski definition) is 2. The summed E-state index contributed by atoms with van der Waals surface area (Å²) in [4.78, 5) is 0. The normalized spacial score (nSPS) is 10.5. The highest BCUT2D eigenvalue weighted by atomic mass is 32.1. The number of para-hydroxylation sites is 1. The Morgan fingerprint density at radius 3 is 2.75 bits per heavy atom. The fourth-order valence-electron chi connectivity index (χ4n) is 2.36. The fraction of sp³-hybridized carbons (Fsp3) is 0.250. The Morgan fingerprint density at radius 2 is 2.08 bits per heavy atom. The molecule has 3 N–H and O–H groups in total. The van der Waals surface area contributed by atoms with Gasteiger partial charge >= 0.3 is 0 Å². The maximum Gasteiger partial charge on any atom is 0.205 e. The molecule has 122 valence electrons. The van der Waals surface area contributed by atoms with Crippen molar-refractivity contribution in [2.45, 2.75) is 19.8 Å². The molecular weight excluding hydrogens is 322 g/mol. The van der Waals surface area contributed by atoms with Crippen molar-refractivity contribution in [3.8, 4) is 11.8 Å². The number of hydrogen-bond acceptors (Lipinski definition) is 7. The van der Waals surface area contributed by atoms with Crippen LogP contribution in [0, 0.1) is 18.3 Å². The highest BCUT2D eigenvalue weighted by molar-refractivity contribution is 7.15. The molecule has 24 heavy (non-hydrogen) atoms. The van der Waals surface area contributed by atoms with Crippen LogP contribution in [-0.2, 0) is 6.42 Å². The molecule has 0 amide bonds. The molecule has 0 unspecified atom stereocenters. The van der Waals surface area contributed by atoms with Gasteiger partial charge in [0.05, 0.1) is 11.4 Å². The van der Waals surface area contributed by atoms with E-state index >= 15 is 0 Å². The van der Waals surface area contributed by atoms with Gasteiger partial charge in [0.25, 0.3) is 0 Å². The largest absolute Gasteiger partial charge is 0.382 e. The van der Waals surface area contributed by atoms with Gasteiger partial charge in [0, 0.05) is 6.54 Å². The molecule has 0 aliphatic carbocycles. The highest BCUT2D eigenvalue weighted by Crippen LogP contribution is 2.21. The SMILES string of the molecule is Cc1nnc(NCCCc2nn(-c3ccccc3)c(N)c2C#N)s1. The third-order valence-corrected chi connectivity index (χ3v) is 4.30. The Labute approximate surface area is 143 Å². The first kappa shape index (κ1) is 16.0. The summed E-state index contributed by atoms with van der Waals surface area (Å²) >= 11 is 1.52. The van der Waals surface area contributed by atoms with Gasteiger partial charge in [0.1, 0.15) is 22.5 Å². The van der Waals surface area contributed by atoms with Crippen LogP contribution in [0.25, 0.3) is 5.69 Å². The maximum absolute atomic E-state index is 9.38. The van der Waals surface area contributed by atoms with Crippen molar-refractivity contribution in [3.63, 3.8) is 0 Å². The number of rotatable bonds is 6. The molecule has 0 bridgehead atoms. The van der Waals surface area contributed by atoms with Gasteiger partial charge in [-0.05, 0) is 31.9 Å². The van der Waals surface area contributed by atoms with E-state index in [9.17, 15) is 5.26 Å². The summed E-state index contributed by atoms with van der Waals surface area (Å²) in [6, 6.07) is 11.7. The molecule has 2 heterocycles. The number of nitriles is 1. The summed E-state index contributed by atoms with van der Waals surface area (Å²) in [6.45, 7) is 2.65. The molecule has 2 aromatic heterocycles. The van der Waals surface area contributed by atoms with Gasteiger partial charge in [-0.1, -0.05) is 29.5 Å². The molecule has 8 heteroatoms. The second-order valence-corrected chi connectivity index (χ2v) is 6.40. The number of nitrogens with two attached hydrogens (primary N) is 1. The standard InChI is InChI=1S/C16H17N7S/c1-11-20-21-16(24-11)19-9-5-8-14-13(10-17)15(18)23(22-14)12-6-3-2-4-7-12/h2-4,6-7H,5,8-9,18H2,1H3,(H,19,21). The quantitative estimate of drug-likeness (QED) is 0.669. The monoisotopic (exact) mass is 339 g/mol. The maximum atomic E-state index is 9.38. The lowest BCUT2D eigenvalue weighted by Gasteiger charge is -2.02. The zero-order chi connectivity index (χ0) is 16.9. The minimum atomic E-state index is 0.381. The number of nitrogen functional groups attached to an aromatic ring is 1. The summed E-state index contributed by atoms with van der Waals surface area (Å²) in [5, 5.41) is 26.8. The van der Waals surface area contributed by atoms with Gasteiger partial charge in [0.15, 0.2) is 0 Å². The average molecular weight is 339 g/mol. The zero-order valence-electron chi connectivity index (χ0n) is 13.2. The molecule has 0 saturated carbocycles. The lowest BCUT2D eigenvalue weighted by atomic mass is 10.1. The molecule has 7 nitrogen and oxygen atoms in total. The Bertz CT molecular complexity index is 860. The van der Waals surface area contributed by atoms with E-state index in [1.165, 1.54) is 11.3 Å². The van der Waals surface area contributed by atoms with Crippen molar-refractivity contribution in [1.29, 1.82) is 5.26 Å². The molecule has 0 aliphatic rings. The van der Waals surface area contributed by atoms with Crippen LogP contribution in [0.1, 0.15) is 22.7 Å². The molecular formula is C16H17N7S. The summed E-state index contributed by atoms with van der Waals surface area (Å²) < 4.78 is 1.62. The van der Waals surface area contributed by atoms with E-state index in [2.05, 4.69) is 26.7 Å². The zero-order valence-corrected chi connectivity index (χ0v) is 14.0. The molecule has 0 atom stereocenters. The smallest absolute Gasteiger partial charge is 0.205 e. The van der Waals surface area contributed by atoms with E-state index < -0.39 is 0 Å². The lowest BCUT2D eigenvalue weighted by Crippen LogP contribution is -2.04. The molecule has 0 saturated heterocycles. The van der Waals surface area contributed by atoms with E-state index in [1.807, 2.05) is 37.3 Å². The van der Waals surface area contributed by atoms with Crippen molar-refractivity contribution in [3.05, 3.63) is 46.6 Å². The van der Waals surface area contributed by atoms with Crippen molar-refractivity contribution in [2.75, 3.05) is 17.6 Å². The fourth-order valence-corrected chi connectivity index (χ4v) is 2.98. The summed E-state index contributed by atoms with van der Waals surface area (Å²) in [5.74, 6) is 0.381. The Kier molecular flexibility index (Phi) is 4.72. The minimum Gasteiger partial charge on any atom is -0.382 e. The van der Waals surface area contributed by atoms with Crippen LogP contribution in [0.2, 0.25) is 0 Å². The summed E-state index contributed by atoms with van der Waals surface area (Å²) in [6.07, 6.45) is 1.48. The molecule has 3 aromatic rings. The van der Waals surface area contributed by atoms with E-state index in [4.69, 9.17) is 5.73 Å². The van der Waals surface area contributed by atoms with Crippen LogP contribution in [0.15, 0.2) is 30.3 Å². The molecule has 0 spiro atoms. The van der Waals surface area contributed by atoms with Gasteiger partial charge in [-0.2, -0.15) is 10.4 Å². The number of aryl methyl sites for hydroxylation is 2. The van der Waals surface area contributed by atoms with Gasteiger partial charge in [0.2, 0.25) is 5.13 Å². The molecule has 3 rings (SSSR count). The Balaban J connectivity index is 1.68.